The zero-order valence-corrected chi connectivity index (χ0v) is 20.9. The number of amides is 1. The molecule has 1 aliphatic heterocycles. The van der Waals surface area contributed by atoms with Crippen LogP contribution in [0.2, 0.25) is 0 Å². The van der Waals surface area contributed by atoms with Gasteiger partial charge in [-0.15, -0.1) is 0 Å². The van der Waals surface area contributed by atoms with E-state index in [-0.39, 0.29) is 17.4 Å². The molecular formula is C24H28N6O4S. The van der Waals surface area contributed by atoms with Gasteiger partial charge in [0.05, 0.1) is 10.6 Å². The van der Waals surface area contributed by atoms with E-state index in [9.17, 15) is 13.2 Å². The number of anilines is 5. The van der Waals surface area contributed by atoms with Crippen LogP contribution >= 0.6 is 0 Å². The highest BCUT2D eigenvalue weighted by molar-refractivity contribution is 7.89. The summed E-state index contributed by atoms with van der Waals surface area (Å²) in [6, 6.07) is 10.6. The molecule has 10 nitrogen and oxygen atoms in total. The molecule has 0 spiro atoms. The third kappa shape index (κ3) is 5.20. The molecule has 0 saturated carbocycles. The molecule has 0 unspecified atom stereocenters. The van der Waals surface area contributed by atoms with E-state index in [1.807, 2.05) is 32.0 Å². The van der Waals surface area contributed by atoms with Crippen LogP contribution in [-0.2, 0) is 14.8 Å². The van der Waals surface area contributed by atoms with E-state index in [0.29, 0.717) is 35.3 Å². The first-order chi connectivity index (χ1) is 16.7. The van der Waals surface area contributed by atoms with E-state index in [1.165, 1.54) is 7.05 Å². The van der Waals surface area contributed by atoms with Gasteiger partial charge in [0.15, 0.2) is 6.61 Å². The first kappa shape index (κ1) is 24.4. The second-order valence-electron chi connectivity index (χ2n) is 8.18. The molecule has 0 atom stereocenters. The van der Waals surface area contributed by atoms with Gasteiger partial charge in [0, 0.05) is 29.7 Å². The number of rotatable bonds is 8. The summed E-state index contributed by atoms with van der Waals surface area (Å²) in [5, 5.41) is 6.36. The third-order valence-corrected chi connectivity index (χ3v) is 7.14. The maximum absolute atomic E-state index is 12.3. The molecule has 3 N–H and O–H groups in total. The SMILES string of the molecule is CCCN1C(=O)COc2ccc(Nc3nc(Nc4ccc(C)c(S(=O)(=O)NC)c4)ncc3C)cc21. The zero-order chi connectivity index (χ0) is 25.2. The minimum Gasteiger partial charge on any atom is -0.482 e. The van der Waals surface area contributed by atoms with Gasteiger partial charge in [-0.1, -0.05) is 13.0 Å². The lowest BCUT2D eigenvalue weighted by Crippen LogP contribution is -2.39. The van der Waals surface area contributed by atoms with Crippen LogP contribution in [0.1, 0.15) is 24.5 Å². The topological polar surface area (TPSA) is 126 Å². The number of nitrogens with one attached hydrogen (secondary N) is 3. The van der Waals surface area contributed by atoms with Crippen molar-refractivity contribution >= 4 is 44.8 Å². The molecule has 0 radical (unpaired) electrons. The van der Waals surface area contributed by atoms with Crippen molar-refractivity contribution in [3.8, 4) is 5.75 Å². The number of carbonyl (C=O) groups excluding carboxylic acids is 1. The monoisotopic (exact) mass is 496 g/mol. The molecule has 1 aromatic heterocycles. The van der Waals surface area contributed by atoms with Gasteiger partial charge in [0.2, 0.25) is 16.0 Å². The van der Waals surface area contributed by atoms with E-state index >= 15 is 0 Å². The molecule has 4 rings (SSSR count). The number of sulfonamides is 1. The summed E-state index contributed by atoms with van der Waals surface area (Å²) >= 11 is 0. The second-order valence-corrected chi connectivity index (χ2v) is 10.0. The molecule has 2 heterocycles. The van der Waals surface area contributed by atoms with Gasteiger partial charge in [-0.05, 0) is 63.2 Å². The number of aryl methyl sites for hydroxylation is 2. The zero-order valence-electron chi connectivity index (χ0n) is 20.0. The minimum absolute atomic E-state index is 0.0379. The van der Waals surface area contributed by atoms with Crippen molar-refractivity contribution in [3.63, 3.8) is 0 Å². The summed E-state index contributed by atoms with van der Waals surface area (Å²) in [6.07, 6.45) is 2.50. The standard InChI is InChI=1S/C24H28N6O4S/c1-5-10-30-19-11-17(8-9-20(19)34-14-22(30)31)27-23-16(3)13-26-24(29-23)28-18-7-6-15(2)21(12-18)35(32,33)25-4/h6-9,11-13,25H,5,10,14H2,1-4H3,(H2,26,27,28,29). The summed E-state index contributed by atoms with van der Waals surface area (Å²) in [7, 11) is -2.23. The van der Waals surface area contributed by atoms with Gasteiger partial charge >= 0.3 is 0 Å². The maximum Gasteiger partial charge on any atom is 0.265 e. The largest absolute Gasteiger partial charge is 0.482 e. The van der Waals surface area contributed by atoms with Crippen molar-refractivity contribution in [1.29, 1.82) is 0 Å². The van der Waals surface area contributed by atoms with Crippen LogP contribution < -0.4 is 25.0 Å². The molecule has 3 aromatic rings. The number of ether oxygens (including phenoxy) is 1. The Kier molecular flexibility index (Phi) is 6.90. The summed E-state index contributed by atoms with van der Waals surface area (Å²) in [4.78, 5) is 23.1. The molecule has 2 aromatic carbocycles. The Bertz CT molecular complexity index is 1380. The van der Waals surface area contributed by atoms with E-state index in [2.05, 4.69) is 25.3 Å². The van der Waals surface area contributed by atoms with Crippen molar-refractivity contribution in [1.82, 2.24) is 14.7 Å². The van der Waals surface area contributed by atoms with Crippen LogP contribution in [0.3, 0.4) is 0 Å². The van der Waals surface area contributed by atoms with E-state index in [0.717, 1.165) is 23.4 Å². The smallest absolute Gasteiger partial charge is 0.265 e. The van der Waals surface area contributed by atoms with Crippen LogP contribution in [0.5, 0.6) is 5.75 Å². The van der Waals surface area contributed by atoms with Crippen molar-refractivity contribution in [2.24, 2.45) is 0 Å². The number of hydrogen-bond acceptors (Lipinski definition) is 8. The number of nitrogens with zero attached hydrogens (tertiary/aromatic N) is 3. The fourth-order valence-corrected chi connectivity index (χ4v) is 4.71. The number of aromatic nitrogens is 2. The summed E-state index contributed by atoms with van der Waals surface area (Å²) in [5.41, 5.74) is 3.45. The van der Waals surface area contributed by atoms with Gasteiger partial charge in [0.25, 0.3) is 5.91 Å². The average molecular weight is 497 g/mol. The Balaban J connectivity index is 1.60. The van der Waals surface area contributed by atoms with Crippen molar-refractivity contribution in [3.05, 3.63) is 53.7 Å². The van der Waals surface area contributed by atoms with Crippen molar-refractivity contribution in [2.45, 2.75) is 32.1 Å². The second kappa shape index (κ2) is 9.88. The van der Waals surface area contributed by atoms with Gasteiger partial charge < -0.3 is 20.3 Å². The van der Waals surface area contributed by atoms with E-state index < -0.39 is 10.0 Å². The molecule has 11 heteroatoms. The fourth-order valence-electron chi connectivity index (χ4n) is 3.72. The summed E-state index contributed by atoms with van der Waals surface area (Å²) in [6.45, 7) is 6.28. The molecule has 35 heavy (non-hydrogen) atoms. The highest BCUT2D eigenvalue weighted by Crippen LogP contribution is 2.35. The summed E-state index contributed by atoms with van der Waals surface area (Å²) < 4.78 is 32.5. The number of carbonyl (C=O) groups is 1. The van der Waals surface area contributed by atoms with Gasteiger partial charge in [-0.2, -0.15) is 4.98 Å². The normalized spacial score (nSPS) is 13.3. The quantitative estimate of drug-likeness (QED) is 0.432. The first-order valence-electron chi connectivity index (χ1n) is 11.2. The fraction of sp³-hybridized carbons (Fsp3) is 0.292. The highest BCUT2D eigenvalue weighted by Gasteiger charge is 2.25. The predicted molar refractivity (Wildman–Crippen MR) is 135 cm³/mol. The van der Waals surface area contributed by atoms with Gasteiger partial charge in [0.1, 0.15) is 11.6 Å². The Hall–Kier alpha value is -3.70. The molecule has 184 valence electrons. The molecule has 0 aliphatic carbocycles. The van der Waals surface area contributed by atoms with Crippen LogP contribution in [-0.4, -0.2) is 44.5 Å². The van der Waals surface area contributed by atoms with E-state index in [4.69, 9.17) is 4.74 Å². The molecule has 0 saturated heterocycles. The summed E-state index contributed by atoms with van der Waals surface area (Å²) in [5.74, 6) is 1.47. The maximum atomic E-state index is 12.3. The predicted octanol–water partition coefficient (Wildman–Crippen LogP) is 3.62. The Morgan fingerprint density at radius 1 is 1.06 bits per heavy atom. The minimum atomic E-state index is -3.60. The molecule has 1 amide bonds. The van der Waals surface area contributed by atoms with Crippen LogP contribution in [0.25, 0.3) is 0 Å². The van der Waals surface area contributed by atoms with E-state index in [1.54, 1.807) is 36.2 Å². The molecule has 1 aliphatic rings. The Morgan fingerprint density at radius 2 is 1.80 bits per heavy atom. The number of hydrogen-bond donors (Lipinski definition) is 3. The van der Waals surface area contributed by atoms with Gasteiger partial charge in [-0.25, -0.2) is 18.1 Å². The average Bonchev–Trinajstić information content (AvgIpc) is 2.84. The Labute approximate surface area is 204 Å². The first-order valence-corrected chi connectivity index (χ1v) is 12.7. The lowest BCUT2D eigenvalue weighted by molar-refractivity contribution is -0.121. The molecule has 0 fully saturated rings. The molecular weight excluding hydrogens is 468 g/mol. The Morgan fingerprint density at radius 3 is 2.54 bits per heavy atom. The van der Waals surface area contributed by atoms with Crippen molar-refractivity contribution in [2.75, 3.05) is 35.7 Å². The lowest BCUT2D eigenvalue weighted by atomic mass is 10.2. The van der Waals surface area contributed by atoms with Crippen LogP contribution in [0.4, 0.5) is 28.8 Å². The van der Waals surface area contributed by atoms with Crippen molar-refractivity contribution < 1.29 is 17.9 Å². The third-order valence-electron chi connectivity index (χ3n) is 5.59. The lowest BCUT2D eigenvalue weighted by Gasteiger charge is -2.29. The highest BCUT2D eigenvalue weighted by atomic mass is 32.2. The van der Waals surface area contributed by atoms with Crippen LogP contribution in [0.15, 0.2) is 47.5 Å². The van der Waals surface area contributed by atoms with Crippen LogP contribution in [0, 0.1) is 13.8 Å². The number of benzene rings is 2. The molecule has 0 bridgehead atoms. The number of fused-ring (bicyclic) bond motifs is 1. The van der Waals surface area contributed by atoms with Gasteiger partial charge in [-0.3, -0.25) is 4.79 Å².